The fourth-order valence-corrected chi connectivity index (χ4v) is 2.18. The van der Waals surface area contributed by atoms with E-state index in [0.717, 1.165) is 5.56 Å². The Balaban J connectivity index is 2.28. The van der Waals surface area contributed by atoms with Crippen LogP contribution in [0.5, 0.6) is 0 Å². The maximum absolute atomic E-state index is 6.00. The topological polar surface area (TPSA) is 39.2 Å². The number of hydrogen-bond donors (Lipinski definition) is 1. The molecule has 2 nitrogen and oxygen atoms in total. The second-order valence-corrected chi connectivity index (χ2v) is 4.60. The predicted molar refractivity (Wildman–Crippen MR) is 58.8 cm³/mol. The average Bonchev–Trinajstić information content (AvgIpc) is 2.73. The van der Waals surface area contributed by atoms with Crippen LogP contribution in [0.25, 0.3) is 0 Å². The fraction of sp³-hybridized carbons (Fsp3) is 0.200. The zero-order valence-electron chi connectivity index (χ0n) is 7.66. The first kappa shape index (κ1) is 9.77. The van der Waals surface area contributed by atoms with Gasteiger partial charge in [-0.3, -0.25) is 0 Å². The molecule has 2 heterocycles. The Hall–Kier alpha value is -0.770. The van der Waals surface area contributed by atoms with E-state index in [1.54, 1.807) is 23.5 Å². The van der Waals surface area contributed by atoms with Crippen molar-refractivity contribution in [2.75, 3.05) is 0 Å². The number of furan rings is 1. The van der Waals surface area contributed by atoms with Crippen LogP contribution in [0.1, 0.15) is 22.2 Å². The van der Waals surface area contributed by atoms with Gasteiger partial charge in [0.25, 0.3) is 0 Å². The molecule has 0 radical (unpaired) electrons. The molecule has 0 aromatic carbocycles. The smallest absolute Gasteiger partial charge is 0.193 e. The highest BCUT2D eigenvalue weighted by atomic mass is 35.5. The zero-order chi connectivity index (χ0) is 10.1. The standard InChI is InChI=1S/C10H10ClNOS/c1-6-4-7(5-14-6)10(12)8-2-3-9(11)13-8/h2-5,10H,12H2,1H3. The summed E-state index contributed by atoms with van der Waals surface area (Å²) in [6, 6.07) is 5.36. The van der Waals surface area contributed by atoms with Crippen molar-refractivity contribution >= 4 is 22.9 Å². The minimum absolute atomic E-state index is 0.215. The van der Waals surface area contributed by atoms with Gasteiger partial charge in [0.2, 0.25) is 0 Å². The van der Waals surface area contributed by atoms with Crippen molar-refractivity contribution in [1.82, 2.24) is 0 Å². The third-order valence-corrected chi connectivity index (χ3v) is 3.09. The Morgan fingerprint density at radius 1 is 1.50 bits per heavy atom. The highest BCUT2D eigenvalue weighted by Crippen LogP contribution is 2.26. The van der Waals surface area contributed by atoms with Gasteiger partial charge in [0.1, 0.15) is 5.76 Å². The Morgan fingerprint density at radius 2 is 2.29 bits per heavy atom. The van der Waals surface area contributed by atoms with E-state index < -0.39 is 0 Å². The van der Waals surface area contributed by atoms with Gasteiger partial charge >= 0.3 is 0 Å². The first-order chi connectivity index (χ1) is 6.66. The van der Waals surface area contributed by atoms with E-state index in [0.29, 0.717) is 11.0 Å². The molecule has 2 aromatic heterocycles. The number of halogens is 1. The molecule has 0 aliphatic heterocycles. The summed E-state index contributed by atoms with van der Waals surface area (Å²) in [5.74, 6) is 0.702. The van der Waals surface area contributed by atoms with Crippen LogP contribution in [0, 0.1) is 6.92 Å². The number of hydrogen-bond acceptors (Lipinski definition) is 3. The molecule has 2 aromatic rings. The van der Waals surface area contributed by atoms with Gasteiger partial charge < -0.3 is 10.2 Å². The van der Waals surface area contributed by atoms with E-state index in [4.69, 9.17) is 21.8 Å². The summed E-state index contributed by atoms with van der Waals surface area (Å²) in [6.45, 7) is 2.05. The molecule has 0 saturated heterocycles. The van der Waals surface area contributed by atoms with E-state index in [-0.39, 0.29) is 6.04 Å². The summed E-state index contributed by atoms with van der Waals surface area (Å²) in [6.07, 6.45) is 0. The minimum Gasteiger partial charge on any atom is -0.448 e. The van der Waals surface area contributed by atoms with Crippen molar-refractivity contribution in [3.63, 3.8) is 0 Å². The molecule has 0 aliphatic carbocycles. The lowest BCUT2D eigenvalue weighted by Gasteiger charge is -2.05. The molecule has 0 amide bonds. The normalized spacial score (nSPS) is 13.1. The van der Waals surface area contributed by atoms with Crippen molar-refractivity contribution in [1.29, 1.82) is 0 Å². The molecule has 0 spiro atoms. The summed E-state index contributed by atoms with van der Waals surface area (Å²) in [5, 5.41) is 2.42. The van der Waals surface area contributed by atoms with Crippen LogP contribution in [-0.2, 0) is 0 Å². The van der Waals surface area contributed by atoms with Gasteiger partial charge in [-0.1, -0.05) is 0 Å². The van der Waals surface area contributed by atoms with E-state index in [2.05, 4.69) is 13.0 Å². The summed E-state index contributed by atoms with van der Waals surface area (Å²) in [4.78, 5) is 1.24. The molecule has 2 rings (SSSR count). The maximum Gasteiger partial charge on any atom is 0.193 e. The van der Waals surface area contributed by atoms with E-state index >= 15 is 0 Å². The van der Waals surface area contributed by atoms with Crippen molar-refractivity contribution < 1.29 is 4.42 Å². The molecule has 0 aliphatic rings. The number of rotatable bonds is 2. The van der Waals surface area contributed by atoms with Gasteiger partial charge in [-0.2, -0.15) is 0 Å². The lowest BCUT2D eigenvalue weighted by Crippen LogP contribution is -2.09. The molecular formula is C10H10ClNOS. The molecule has 1 unspecified atom stereocenters. The Kier molecular flexibility index (Phi) is 2.63. The molecule has 0 bridgehead atoms. The molecule has 4 heteroatoms. The van der Waals surface area contributed by atoms with E-state index in [1.807, 2.05) is 5.38 Å². The van der Waals surface area contributed by atoms with Crippen molar-refractivity contribution in [3.8, 4) is 0 Å². The average molecular weight is 228 g/mol. The minimum atomic E-state index is -0.215. The monoisotopic (exact) mass is 227 g/mol. The van der Waals surface area contributed by atoms with Gasteiger partial charge in [0.15, 0.2) is 5.22 Å². The largest absolute Gasteiger partial charge is 0.448 e. The quantitative estimate of drug-likeness (QED) is 0.855. The number of nitrogens with two attached hydrogens (primary N) is 1. The second-order valence-electron chi connectivity index (χ2n) is 3.11. The van der Waals surface area contributed by atoms with Crippen LogP contribution in [0.4, 0.5) is 0 Å². The van der Waals surface area contributed by atoms with Crippen LogP contribution in [0.2, 0.25) is 5.22 Å². The van der Waals surface area contributed by atoms with Gasteiger partial charge in [-0.15, -0.1) is 11.3 Å². The summed E-state index contributed by atoms with van der Waals surface area (Å²) in [5.41, 5.74) is 7.07. The summed E-state index contributed by atoms with van der Waals surface area (Å²) in [7, 11) is 0. The molecule has 0 saturated carbocycles. The van der Waals surface area contributed by atoms with Crippen molar-refractivity contribution in [2.24, 2.45) is 5.73 Å². The first-order valence-corrected chi connectivity index (χ1v) is 5.48. The van der Waals surface area contributed by atoms with Crippen LogP contribution < -0.4 is 5.73 Å². The van der Waals surface area contributed by atoms with Crippen molar-refractivity contribution in [3.05, 3.63) is 45.0 Å². The van der Waals surface area contributed by atoms with Gasteiger partial charge in [-0.05, 0) is 47.7 Å². The third kappa shape index (κ3) is 1.85. The second kappa shape index (κ2) is 3.77. The highest BCUT2D eigenvalue weighted by Gasteiger charge is 2.13. The van der Waals surface area contributed by atoms with Crippen LogP contribution >= 0.6 is 22.9 Å². The molecule has 74 valence electrons. The number of thiophene rings is 1. The predicted octanol–water partition coefficient (Wildman–Crippen LogP) is 3.35. The van der Waals surface area contributed by atoms with Gasteiger partial charge in [-0.25, -0.2) is 0 Å². The fourth-order valence-electron chi connectivity index (χ4n) is 1.29. The summed E-state index contributed by atoms with van der Waals surface area (Å²) < 4.78 is 5.25. The van der Waals surface area contributed by atoms with E-state index in [9.17, 15) is 0 Å². The van der Waals surface area contributed by atoms with Gasteiger partial charge in [0, 0.05) is 4.88 Å². The highest BCUT2D eigenvalue weighted by molar-refractivity contribution is 7.10. The Labute approximate surface area is 91.3 Å². The SMILES string of the molecule is Cc1cc(C(N)c2ccc(Cl)o2)cs1. The lowest BCUT2D eigenvalue weighted by atomic mass is 10.1. The van der Waals surface area contributed by atoms with Crippen LogP contribution in [-0.4, -0.2) is 0 Å². The Morgan fingerprint density at radius 3 is 2.79 bits per heavy atom. The third-order valence-electron chi connectivity index (χ3n) is 2.01. The van der Waals surface area contributed by atoms with Crippen LogP contribution in [0.3, 0.4) is 0 Å². The maximum atomic E-state index is 6.00. The Bertz CT molecular complexity index is 395. The van der Waals surface area contributed by atoms with Gasteiger partial charge in [0.05, 0.1) is 6.04 Å². The zero-order valence-corrected chi connectivity index (χ0v) is 9.23. The molecule has 0 fully saturated rings. The molecule has 1 atom stereocenters. The van der Waals surface area contributed by atoms with Crippen molar-refractivity contribution in [2.45, 2.75) is 13.0 Å². The molecule has 2 N–H and O–H groups in total. The molecule has 14 heavy (non-hydrogen) atoms. The lowest BCUT2D eigenvalue weighted by molar-refractivity contribution is 0.492. The number of aryl methyl sites for hydroxylation is 1. The summed E-state index contributed by atoms with van der Waals surface area (Å²) >= 11 is 7.36. The van der Waals surface area contributed by atoms with Crippen LogP contribution in [0.15, 0.2) is 28.0 Å². The first-order valence-electron chi connectivity index (χ1n) is 4.22. The van der Waals surface area contributed by atoms with E-state index in [1.165, 1.54) is 4.88 Å². The molecular weight excluding hydrogens is 218 g/mol.